The second-order valence-corrected chi connectivity index (χ2v) is 7.65. The molecule has 2 unspecified atom stereocenters. The molecule has 5 nitrogen and oxygen atoms in total. The van der Waals surface area contributed by atoms with E-state index in [0.717, 1.165) is 16.1 Å². The van der Waals surface area contributed by atoms with Crippen LogP contribution >= 0.6 is 11.8 Å². The van der Waals surface area contributed by atoms with Crippen molar-refractivity contribution in [3.05, 3.63) is 60.2 Å². The molecule has 2 heterocycles. The molecule has 2 aromatic rings. The molecule has 0 spiro atoms. The van der Waals surface area contributed by atoms with Crippen molar-refractivity contribution in [2.45, 2.75) is 22.7 Å². The van der Waals surface area contributed by atoms with Gasteiger partial charge in [0.05, 0.1) is 24.1 Å². The Hall–Kier alpha value is -2.31. The number of nitrogens with zero attached hydrogens (tertiary/aromatic N) is 1. The number of ether oxygens (including phenoxy) is 1. The summed E-state index contributed by atoms with van der Waals surface area (Å²) in [6.45, 7) is 1.61. The second-order valence-electron chi connectivity index (χ2n) is 6.41. The molecule has 2 aliphatic rings. The number of morpholine rings is 1. The number of amides is 2. The average molecular weight is 368 g/mol. The highest BCUT2D eigenvalue weighted by atomic mass is 32.2. The maximum absolute atomic E-state index is 12.8. The van der Waals surface area contributed by atoms with E-state index in [-0.39, 0.29) is 24.3 Å². The summed E-state index contributed by atoms with van der Waals surface area (Å²) in [5, 5.41) is 2.50. The zero-order valence-corrected chi connectivity index (χ0v) is 15.1. The summed E-state index contributed by atoms with van der Waals surface area (Å²) in [5.74, 6) is -0.101. The van der Waals surface area contributed by atoms with Gasteiger partial charge in [-0.3, -0.25) is 9.59 Å². The number of rotatable bonds is 3. The first-order valence-corrected chi connectivity index (χ1v) is 9.59. The van der Waals surface area contributed by atoms with Gasteiger partial charge < -0.3 is 15.0 Å². The number of nitrogens with one attached hydrogen (secondary N) is 1. The molecule has 1 saturated heterocycles. The third-order valence-corrected chi connectivity index (χ3v) is 5.93. The van der Waals surface area contributed by atoms with Gasteiger partial charge in [0.25, 0.3) is 0 Å². The van der Waals surface area contributed by atoms with E-state index < -0.39 is 5.25 Å². The average Bonchev–Trinajstić information content (AvgIpc) is 2.69. The summed E-state index contributed by atoms with van der Waals surface area (Å²) in [6.07, 6.45) is 0.0919. The number of hydrogen-bond donors (Lipinski definition) is 1. The van der Waals surface area contributed by atoms with Crippen molar-refractivity contribution in [3.63, 3.8) is 0 Å². The largest absolute Gasteiger partial charge is 0.370 e. The van der Waals surface area contributed by atoms with Crippen molar-refractivity contribution in [2.75, 3.05) is 25.0 Å². The summed E-state index contributed by atoms with van der Waals surface area (Å²) in [5.41, 5.74) is 1.89. The molecular weight excluding hydrogens is 348 g/mol. The van der Waals surface area contributed by atoms with E-state index in [1.54, 1.807) is 0 Å². The van der Waals surface area contributed by atoms with E-state index >= 15 is 0 Å². The Morgan fingerprint density at radius 2 is 1.92 bits per heavy atom. The Morgan fingerprint density at radius 3 is 2.77 bits per heavy atom. The summed E-state index contributed by atoms with van der Waals surface area (Å²) < 4.78 is 5.82. The summed E-state index contributed by atoms with van der Waals surface area (Å²) in [4.78, 5) is 27.9. The van der Waals surface area contributed by atoms with Crippen LogP contribution in [0.4, 0.5) is 5.69 Å². The van der Waals surface area contributed by atoms with Gasteiger partial charge in [-0.15, -0.1) is 11.8 Å². The number of benzene rings is 2. The number of para-hydroxylation sites is 1. The van der Waals surface area contributed by atoms with Crippen molar-refractivity contribution in [1.29, 1.82) is 0 Å². The Morgan fingerprint density at radius 1 is 1.15 bits per heavy atom. The van der Waals surface area contributed by atoms with Crippen LogP contribution in [-0.2, 0) is 14.3 Å². The first kappa shape index (κ1) is 17.1. The predicted octanol–water partition coefficient (Wildman–Crippen LogP) is 3.09. The molecule has 1 fully saturated rings. The van der Waals surface area contributed by atoms with Crippen molar-refractivity contribution >= 4 is 29.3 Å². The molecule has 2 atom stereocenters. The van der Waals surface area contributed by atoms with Crippen LogP contribution in [-0.4, -0.2) is 41.7 Å². The minimum absolute atomic E-state index is 0.00117. The normalized spacial score (nSPS) is 22.5. The van der Waals surface area contributed by atoms with E-state index in [9.17, 15) is 9.59 Å². The van der Waals surface area contributed by atoms with Crippen molar-refractivity contribution in [3.8, 4) is 0 Å². The maximum atomic E-state index is 12.8. The Labute approximate surface area is 156 Å². The third-order valence-electron chi connectivity index (χ3n) is 4.66. The van der Waals surface area contributed by atoms with Crippen LogP contribution in [0.15, 0.2) is 59.5 Å². The van der Waals surface area contributed by atoms with E-state index in [1.165, 1.54) is 11.8 Å². The SMILES string of the molecule is O=C1Nc2ccccc2SC1CC(=O)N1CCOC(c2ccccc2)C1. The lowest BCUT2D eigenvalue weighted by molar-refractivity contribution is -0.139. The monoisotopic (exact) mass is 368 g/mol. The molecule has 2 aromatic carbocycles. The van der Waals surface area contributed by atoms with Crippen molar-refractivity contribution in [1.82, 2.24) is 4.90 Å². The van der Waals surface area contributed by atoms with E-state index in [0.29, 0.717) is 19.7 Å². The molecule has 134 valence electrons. The summed E-state index contributed by atoms with van der Waals surface area (Å²) in [6, 6.07) is 17.6. The number of carbonyl (C=O) groups is 2. The van der Waals surface area contributed by atoms with Gasteiger partial charge in [-0.05, 0) is 17.7 Å². The van der Waals surface area contributed by atoms with Crippen LogP contribution in [0.5, 0.6) is 0 Å². The molecule has 0 bridgehead atoms. The van der Waals surface area contributed by atoms with Crippen LogP contribution in [0.2, 0.25) is 0 Å². The molecule has 0 aliphatic carbocycles. The van der Waals surface area contributed by atoms with Crippen LogP contribution in [0.1, 0.15) is 18.1 Å². The minimum atomic E-state index is -0.393. The molecule has 2 aliphatic heterocycles. The van der Waals surface area contributed by atoms with Gasteiger partial charge in [0.1, 0.15) is 6.10 Å². The molecule has 26 heavy (non-hydrogen) atoms. The Balaban J connectivity index is 1.41. The smallest absolute Gasteiger partial charge is 0.238 e. The Bertz CT molecular complexity index is 812. The van der Waals surface area contributed by atoms with Gasteiger partial charge in [0.2, 0.25) is 11.8 Å². The molecule has 0 radical (unpaired) electrons. The third kappa shape index (κ3) is 3.61. The van der Waals surface area contributed by atoms with Crippen molar-refractivity contribution < 1.29 is 14.3 Å². The molecule has 4 rings (SSSR count). The first-order valence-electron chi connectivity index (χ1n) is 8.71. The number of fused-ring (bicyclic) bond motifs is 1. The molecule has 6 heteroatoms. The molecular formula is C20H20N2O3S. The van der Waals surface area contributed by atoms with Crippen LogP contribution in [0.3, 0.4) is 0 Å². The topological polar surface area (TPSA) is 58.6 Å². The zero-order valence-electron chi connectivity index (χ0n) is 14.3. The highest BCUT2D eigenvalue weighted by molar-refractivity contribution is 8.01. The van der Waals surface area contributed by atoms with Crippen LogP contribution < -0.4 is 5.32 Å². The highest BCUT2D eigenvalue weighted by Crippen LogP contribution is 2.37. The number of hydrogen-bond acceptors (Lipinski definition) is 4. The predicted molar refractivity (Wildman–Crippen MR) is 101 cm³/mol. The van der Waals surface area contributed by atoms with E-state index in [2.05, 4.69) is 5.32 Å². The Kier molecular flexibility index (Phi) is 4.95. The number of thioether (sulfide) groups is 1. The molecule has 2 amide bonds. The lowest BCUT2D eigenvalue weighted by Gasteiger charge is -2.34. The minimum Gasteiger partial charge on any atom is -0.370 e. The van der Waals surface area contributed by atoms with Gasteiger partial charge in [-0.2, -0.15) is 0 Å². The summed E-state index contributed by atoms with van der Waals surface area (Å²) in [7, 11) is 0. The molecule has 0 saturated carbocycles. The van der Waals surface area contributed by atoms with Gasteiger partial charge in [-0.25, -0.2) is 0 Å². The lowest BCUT2D eigenvalue weighted by Crippen LogP contribution is -2.44. The van der Waals surface area contributed by atoms with Gasteiger partial charge >= 0.3 is 0 Å². The maximum Gasteiger partial charge on any atom is 0.238 e. The first-order chi connectivity index (χ1) is 12.7. The lowest BCUT2D eigenvalue weighted by atomic mass is 10.1. The standard InChI is InChI=1S/C20H20N2O3S/c23-19(12-18-20(24)21-15-8-4-5-9-17(15)26-18)22-10-11-25-16(13-22)14-6-2-1-3-7-14/h1-9,16,18H,10-13H2,(H,21,24). The fourth-order valence-electron chi connectivity index (χ4n) is 3.26. The fraction of sp³-hybridized carbons (Fsp3) is 0.300. The van der Waals surface area contributed by atoms with Gasteiger partial charge in [0.15, 0.2) is 0 Å². The molecule has 0 aromatic heterocycles. The highest BCUT2D eigenvalue weighted by Gasteiger charge is 2.32. The number of anilines is 1. The van der Waals surface area contributed by atoms with Crippen LogP contribution in [0.25, 0.3) is 0 Å². The summed E-state index contributed by atoms with van der Waals surface area (Å²) >= 11 is 1.46. The van der Waals surface area contributed by atoms with Crippen LogP contribution in [0, 0.1) is 0 Å². The van der Waals surface area contributed by atoms with Gasteiger partial charge in [-0.1, -0.05) is 42.5 Å². The van der Waals surface area contributed by atoms with E-state index in [4.69, 9.17) is 4.74 Å². The zero-order chi connectivity index (χ0) is 17.9. The molecule has 1 N–H and O–H groups in total. The van der Waals surface area contributed by atoms with Crippen molar-refractivity contribution in [2.24, 2.45) is 0 Å². The second kappa shape index (κ2) is 7.51. The van der Waals surface area contributed by atoms with E-state index in [1.807, 2.05) is 59.5 Å². The number of carbonyl (C=O) groups excluding carboxylic acids is 2. The quantitative estimate of drug-likeness (QED) is 0.905. The fourth-order valence-corrected chi connectivity index (χ4v) is 4.36. The van der Waals surface area contributed by atoms with Gasteiger partial charge in [0, 0.05) is 17.9 Å².